The zero-order chi connectivity index (χ0) is 19.2. The van der Waals surface area contributed by atoms with Crippen molar-refractivity contribution in [2.45, 2.75) is 39.5 Å². The number of amides is 1. The molecule has 0 fully saturated rings. The molecule has 0 unspecified atom stereocenters. The third kappa shape index (κ3) is 4.48. The molecule has 3 rings (SSSR count). The molecule has 0 saturated carbocycles. The zero-order valence-corrected chi connectivity index (χ0v) is 16.4. The van der Waals surface area contributed by atoms with Crippen LogP contribution in [0.3, 0.4) is 0 Å². The molecule has 0 spiro atoms. The lowest BCUT2D eigenvalue weighted by Crippen LogP contribution is -2.26. The maximum Gasteiger partial charge on any atom is 0.270 e. The highest BCUT2D eigenvalue weighted by Gasteiger charge is 2.18. The SMILES string of the molecule is CCCCCCNC(=O)c1cc(-c2cccn2C)nn1-c1cccc(C)c1. The normalized spacial score (nSPS) is 10.9. The van der Waals surface area contributed by atoms with Crippen molar-refractivity contribution < 1.29 is 4.79 Å². The Kier molecular flexibility index (Phi) is 6.12. The minimum absolute atomic E-state index is 0.0824. The van der Waals surface area contributed by atoms with E-state index >= 15 is 0 Å². The van der Waals surface area contributed by atoms with Crippen LogP contribution >= 0.6 is 0 Å². The summed E-state index contributed by atoms with van der Waals surface area (Å²) in [6.45, 7) is 4.92. The maximum absolute atomic E-state index is 12.8. The van der Waals surface area contributed by atoms with Gasteiger partial charge in [-0.25, -0.2) is 4.68 Å². The lowest BCUT2D eigenvalue weighted by Gasteiger charge is -2.09. The number of benzene rings is 1. The Hall–Kier alpha value is -2.82. The van der Waals surface area contributed by atoms with Crippen LogP contribution in [0.15, 0.2) is 48.7 Å². The van der Waals surface area contributed by atoms with Gasteiger partial charge in [0.05, 0.1) is 11.4 Å². The van der Waals surface area contributed by atoms with E-state index < -0.39 is 0 Å². The maximum atomic E-state index is 12.8. The molecule has 2 aromatic heterocycles. The van der Waals surface area contributed by atoms with Crippen LogP contribution in [0.1, 0.15) is 48.7 Å². The third-order valence-corrected chi connectivity index (χ3v) is 4.71. The van der Waals surface area contributed by atoms with Crippen LogP contribution in [-0.2, 0) is 7.05 Å². The Bertz CT molecular complexity index is 907. The number of nitrogens with one attached hydrogen (secondary N) is 1. The Morgan fingerprint density at radius 3 is 2.67 bits per heavy atom. The standard InChI is InChI=1S/C22H28N4O/c1-4-5-6-7-13-23-22(27)21-16-19(20-12-9-14-25(20)3)24-26(21)18-11-8-10-17(2)15-18/h8-12,14-16H,4-7,13H2,1-3H3,(H,23,27). The van der Waals surface area contributed by atoms with Crippen molar-refractivity contribution >= 4 is 5.91 Å². The minimum Gasteiger partial charge on any atom is -0.351 e. The molecule has 5 nitrogen and oxygen atoms in total. The van der Waals surface area contributed by atoms with Gasteiger partial charge in [-0.15, -0.1) is 0 Å². The predicted octanol–water partition coefficient (Wildman–Crippen LogP) is 4.50. The van der Waals surface area contributed by atoms with E-state index in [2.05, 4.69) is 12.2 Å². The molecule has 142 valence electrons. The average Bonchev–Trinajstić information content (AvgIpc) is 3.27. The number of aromatic nitrogens is 3. The van der Waals surface area contributed by atoms with Crippen LogP contribution in [-0.4, -0.2) is 26.8 Å². The molecule has 0 aliphatic rings. The molecule has 1 aromatic carbocycles. The molecular weight excluding hydrogens is 336 g/mol. The van der Waals surface area contributed by atoms with Crippen LogP contribution < -0.4 is 5.32 Å². The monoisotopic (exact) mass is 364 g/mol. The second-order valence-corrected chi connectivity index (χ2v) is 6.99. The van der Waals surface area contributed by atoms with E-state index in [0.29, 0.717) is 12.2 Å². The van der Waals surface area contributed by atoms with Crippen molar-refractivity contribution in [1.82, 2.24) is 19.7 Å². The molecule has 0 aliphatic heterocycles. The van der Waals surface area contributed by atoms with E-state index in [1.165, 1.54) is 12.8 Å². The van der Waals surface area contributed by atoms with Crippen LogP contribution in [0.2, 0.25) is 0 Å². The van der Waals surface area contributed by atoms with E-state index in [0.717, 1.165) is 35.5 Å². The van der Waals surface area contributed by atoms with Gasteiger partial charge in [-0.2, -0.15) is 5.10 Å². The van der Waals surface area contributed by atoms with Gasteiger partial charge >= 0.3 is 0 Å². The molecule has 0 saturated heterocycles. The smallest absolute Gasteiger partial charge is 0.270 e. The summed E-state index contributed by atoms with van der Waals surface area (Å²) < 4.78 is 3.76. The third-order valence-electron chi connectivity index (χ3n) is 4.71. The molecular formula is C22H28N4O. The van der Waals surface area contributed by atoms with Crippen molar-refractivity contribution in [3.63, 3.8) is 0 Å². The van der Waals surface area contributed by atoms with Gasteiger partial charge in [-0.05, 0) is 49.2 Å². The number of carbonyl (C=O) groups is 1. The molecule has 1 amide bonds. The van der Waals surface area contributed by atoms with Gasteiger partial charge in [0, 0.05) is 19.8 Å². The van der Waals surface area contributed by atoms with Gasteiger partial charge in [0.2, 0.25) is 0 Å². The molecule has 3 aromatic rings. The summed E-state index contributed by atoms with van der Waals surface area (Å²) in [4.78, 5) is 12.8. The quantitative estimate of drug-likeness (QED) is 0.599. The van der Waals surface area contributed by atoms with Gasteiger partial charge in [0.15, 0.2) is 0 Å². The Morgan fingerprint density at radius 2 is 1.96 bits per heavy atom. The largest absolute Gasteiger partial charge is 0.351 e. The van der Waals surface area contributed by atoms with Crippen molar-refractivity contribution in [3.05, 3.63) is 59.9 Å². The molecule has 27 heavy (non-hydrogen) atoms. The highest BCUT2D eigenvalue weighted by atomic mass is 16.2. The van der Waals surface area contributed by atoms with E-state index in [1.807, 2.05) is 67.2 Å². The number of nitrogens with zero attached hydrogens (tertiary/aromatic N) is 3. The first-order chi connectivity index (χ1) is 13.1. The highest BCUT2D eigenvalue weighted by molar-refractivity contribution is 5.94. The fraction of sp³-hybridized carbons (Fsp3) is 0.364. The molecule has 2 heterocycles. The molecule has 0 bridgehead atoms. The number of hydrogen-bond donors (Lipinski definition) is 1. The van der Waals surface area contributed by atoms with Crippen LogP contribution in [0.4, 0.5) is 0 Å². The second-order valence-electron chi connectivity index (χ2n) is 6.99. The topological polar surface area (TPSA) is 51.9 Å². The Balaban J connectivity index is 1.90. The Morgan fingerprint density at radius 1 is 1.11 bits per heavy atom. The number of hydrogen-bond acceptors (Lipinski definition) is 2. The first kappa shape index (κ1) is 19.0. The number of rotatable bonds is 8. The summed E-state index contributed by atoms with van der Waals surface area (Å²) >= 11 is 0. The van der Waals surface area contributed by atoms with Crippen LogP contribution in [0.25, 0.3) is 17.1 Å². The second kappa shape index (κ2) is 8.71. The average molecular weight is 364 g/mol. The van der Waals surface area contributed by atoms with Crippen LogP contribution in [0, 0.1) is 6.92 Å². The summed E-state index contributed by atoms with van der Waals surface area (Å²) in [7, 11) is 1.98. The summed E-state index contributed by atoms with van der Waals surface area (Å²) in [5, 5.41) is 7.79. The molecule has 0 radical (unpaired) electrons. The van der Waals surface area contributed by atoms with Gasteiger partial charge in [-0.1, -0.05) is 38.3 Å². The lowest BCUT2D eigenvalue weighted by atomic mass is 10.2. The van der Waals surface area contributed by atoms with Crippen molar-refractivity contribution in [2.24, 2.45) is 7.05 Å². The molecule has 0 aliphatic carbocycles. The molecule has 1 N–H and O–H groups in total. The Labute approximate surface area is 161 Å². The van der Waals surface area contributed by atoms with Crippen molar-refractivity contribution in [1.29, 1.82) is 0 Å². The lowest BCUT2D eigenvalue weighted by molar-refractivity contribution is 0.0945. The highest BCUT2D eigenvalue weighted by Crippen LogP contribution is 2.22. The fourth-order valence-corrected chi connectivity index (χ4v) is 3.20. The summed E-state index contributed by atoms with van der Waals surface area (Å²) in [5.74, 6) is -0.0824. The predicted molar refractivity (Wildman–Crippen MR) is 109 cm³/mol. The molecule has 0 atom stereocenters. The fourth-order valence-electron chi connectivity index (χ4n) is 3.20. The first-order valence-corrected chi connectivity index (χ1v) is 9.67. The summed E-state index contributed by atoms with van der Waals surface area (Å²) in [6, 6.07) is 13.9. The number of unbranched alkanes of at least 4 members (excludes halogenated alkanes) is 3. The van der Waals surface area contributed by atoms with Gasteiger partial charge in [-0.3, -0.25) is 4.79 Å². The van der Waals surface area contributed by atoms with Gasteiger partial charge < -0.3 is 9.88 Å². The van der Waals surface area contributed by atoms with E-state index in [4.69, 9.17) is 5.10 Å². The van der Waals surface area contributed by atoms with E-state index in [9.17, 15) is 4.79 Å². The summed E-state index contributed by atoms with van der Waals surface area (Å²) in [5.41, 5.74) is 4.37. The summed E-state index contributed by atoms with van der Waals surface area (Å²) in [6.07, 6.45) is 6.52. The number of aryl methyl sites for hydroxylation is 2. The number of carbonyl (C=O) groups excluding carboxylic acids is 1. The zero-order valence-electron chi connectivity index (χ0n) is 16.4. The van der Waals surface area contributed by atoms with Crippen molar-refractivity contribution in [2.75, 3.05) is 6.54 Å². The van der Waals surface area contributed by atoms with Gasteiger partial charge in [0.1, 0.15) is 11.4 Å². The van der Waals surface area contributed by atoms with Crippen LogP contribution in [0.5, 0.6) is 0 Å². The van der Waals surface area contributed by atoms with E-state index in [1.54, 1.807) is 4.68 Å². The van der Waals surface area contributed by atoms with Gasteiger partial charge in [0.25, 0.3) is 5.91 Å². The minimum atomic E-state index is -0.0824. The van der Waals surface area contributed by atoms with E-state index in [-0.39, 0.29) is 5.91 Å². The molecule has 5 heteroatoms. The first-order valence-electron chi connectivity index (χ1n) is 9.67. The van der Waals surface area contributed by atoms with Crippen molar-refractivity contribution in [3.8, 4) is 17.1 Å².